The highest BCUT2D eigenvalue weighted by Crippen LogP contribution is 2.56. The van der Waals surface area contributed by atoms with Crippen molar-refractivity contribution in [2.45, 2.75) is 30.8 Å². The lowest BCUT2D eigenvalue weighted by molar-refractivity contribution is -0.165. The molecule has 0 heterocycles. The molecule has 0 saturated heterocycles. The van der Waals surface area contributed by atoms with Gasteiger partial charge in [0, 0.05) is 5.92 Å². The molecule has 1 aromatic rings. The summed E-state index contributed by atoms with van der Waals surface area (Å²) in [5, 5.41) is 19.8. The van der Waals surface area contributed by atoms with Crippen molar-refractivity contribution in [2.75, 3.05) is 0 Å². The summed E-state index contributed by atoms with van der Waals surface area (Å²) in [6, 6.07) is 7.43. The van der Waals surface area contributed by atoms with E-state index in [2.05, 4.69) is 0 Å². The van der Waals surface area contributed by atoms with Gasteiger partial charge in [0.1, 0.15) is 0 Å². The molecule has 0 aliphatic heterocycles. The molecular weight excluding hydrogens is 204 g/mol. The summed E-state index contributed by atoms with van der Waals surface area (Å²) in [5.41, 5.74) is -0.00954. The van der Waals surface area contributed by atoms with E-state index in [9.17, 15) is 15.0 Å². The van der Waals surface area contributed by atoms with Crippen LogP contribution in [-0.2, 0) is 10.4 Å². The predicted octanol–water partition coefficient (Wildman–Crippen LogP) is 1.86. The first-order valence-corrected chi connectivity index (χ1v) is 5.71. The van der Waals surface area contributed by atoms with E-state index in [0.717, 1.165) is 24.8 Å². The molecule has 2 N–H and O–H groups in total. The van der Waals surface area contributed by atoms with E-state index in [-0.39, 0.29) is 11.8 Å². The van der Waals surface area contributed by atoms with Crippen molar-refractivity contribution < 1.29 is 15.0 Å². The SMILES string of the molecule is O=C(O)[C@]1(O)c2ccccc2[C@H]2CCC[C@@H]21. The summed E-state index contributed by atoms with van der Waals surface area (Å²) >= 11 is 0. The molecule has 3 heteroatoms. The number of hydrogen-bond acceptors (Lipinski definition) is 2. The summed E-state index contributed by atoms with van der Waals surface area (Å²) in [5.74, 6) is -1.01. The minimum Gasteiger partial charge on any atom is -0.479 e. The first-order valence-electron chi connectivity index (χ1n) is 5.71. The van der Waals surface area contributed by atoms with Crippen molar-refractivity contribution in [1.82, 2.24) is 0 Å². The molecule has 0 amide bonds. The van der Waals surface area contributed by atoms with Gasteiger partial charge in [0.25, 0.3) is 0 Å². The molecule has 0 spiro atoms. The van der Waals surface area contributed by atoms with Gasteiger partial charge < -0.3 is 10.2 Å². The first kappa shape index (κ1) is 9.85. The predicted molar refractivity (Wildman–Crippen MR) is 58.1 cm³/mol. The second kappa shape index (κ2) is 3.08. The number of aliphatic hydroxyl groups is 1. The second-order valence-corrected chi connectivity index (χ2v) is 4.80. The highest BCUT2D eigenvalue weighted by molar-refractivity contribution is 5.82. The maximum atomic E-state index is 11.4. The molecule has 2 aliphatic rings. The van der Waals surface area contributed by atoms with Crippen molar-refractivity contribution in [3.63, 3.8) is 0 Å². The van der Waals surface area contributed by atoms with Gasteiger partial charge in [0.15, 0.2) is 5.60 Å². The molecule has 1 aromatic carbocycles. The molecule has 0 unspecified atom stereocenters. The molecule has 0 radical (unpaired) electrons. The highest BCUT2D eigenvalue weighted by atomic mass is 16.4. The third-order valence-electron chi connectivity index (χ3n) is 4.15. The molecule has 1 fully saturated rings. The molecule has 3 rings (SSSR count). The molecule has 1 saturated carbocycles. The Balaban J connectivity index is 2.23. The van der Waals surface area contributed by atoms with E-state index in [1.807, 2.05) is 12.1 Å². The zero-order chi connectivity index (χ0) is 11.3. The largest absolute Gasteiger partial charge is 0.479 e. The van der Waals surface area contributed by atoms with Gasteiger partial charge in [0.2, 0.25) is 0 Å². The Bertz CT molecular complexity index is 454. The maximum absolute atomic E-state index is 11.4. The highest BCUT2D eigenvalue weighted by Gasteiger charge is 2.57. The molecule has 2 aliphatic carbocycles. The number of rotatable bonds is 1. The van der Waals surface area contributed by atoms with Gasteiger partial charge >= 0.3 is 5.97 Å². The fourth-order valence-corrected chi connectivity index (χ4v) is 3.47. The monoisotopic (exact) mass is 218 g/mol. The van der Waals surface area contributed by atoms with Crippen molar-refractivity contribution >= 4 is 5.97 Å². The van der Waals surface area contributed by atoms with E-state index in [1.54, 1.807) is 12.1 Å². The Morgan fingerprint density at radius 1 is 1.31 bits per heavy atom. The Hall–Kier alpha value is -1.35. The number of benzene rings is 1. The van der Waals surface area contributed by atoms with Crippen LogP contribution in [-0.4, -0.2) is 16.2 Å². The van der Waals surface area contributed by atoms with Gasteiger partial charge in [-0.25, -0.2) is 4.79 Å². The van der Waals surface area contributed by atoms with Crippen LogP contribution in [0.1, 0.15) is 36.3 Å². The average Bonchev–Trinajstić information content (AvgIpc) is 2.83. The van der Waals surface area contributed by atoms with Crippen molar-refractivity contribution in [2.24, 2.45) is 5.92 Å². The van der Waals surface area contributed by atoms with Crippen LogP contribution >= 0.6 is 0 Å². The first-order chi connectivity index (χ1) is 7.65. The van der Waals surface area contributed by atoms with Crippen molar-refractivity contribution in [1.29, 1.82) is 0 Å². The van der Waals surface area contributed by atoms with Crippen LogP contribution in [0.5, 0.6) is 0 Å². The lowest BCUT2D eigenvalue weighted by Gasteiger charge is -2.25. The van der Waals surface area contributed by atoms with E-state index in [0.29, 0.717) is 5.56 Å². The minimum absolute atomic E-state index is 0.137. The number of carboxylic acids is 1. The molecule has 0 bridgehead atoms. The number of hydrogen-bond donors (Lipinski definition) is 2. The molecule has 3 nitrogen and oxygen atoms in total. The molecular formula is C13H14O3. The van der Waals surface area contributed by atoms with Crippen LogP contribution in [0, 0.1) is 5.92 Å². The fraction of sp³-hybridized carbons (Fsp3) is 0.462. The lowest BCUT2D eigenvalue weighted by Crippen LogP contribution is -2.39. The van der Waals surface area contributed by atoms with Crippen LogP contribution < -0.4 is 0 Å². The Morgan fingerprint density at radius 3 is 2.81 bits per heavy atom. The van der Waals surface area contributed by atoms with Crippen molar-refractivity contribution in [3.8, 4) is 0 Å². The maximum Gasteiger partial charge on any atom is 0.340 e. The van der Waals surface area contributed by atoms with Crippen LogP contribution in [0.15, 0.2) is 24.3 Å². The Labute approximate surface area is 93.7 Å². The van der Waals surface area contributed by atoms with Crippen LogP contribution in [0.25, 0.3) is 0 Å². The minimum atomic E-state index is -1.65. The molecule has 16 heavy (non-hydrogen) atoms. The van der Waals surface area contributed by atoms with Crippen LogP contribution in [0.2, 0.25) is 0 Å². The summed E-state index contributed by atoms with van der Waals surface area (Å²) in [4.78, 5) is 11.4. The van der Waals surface area contributed by atoms with Gasteiger partial charge in [-0.1, -0.05) is 30.7 Å². The van der Waals surface area contributed by atoms with Crippen molar-refractivity contribution in [3.05, 3.63) is 35.4 Å². The molecule has 84 valence electrons. The number of carbonyl (C=O) groups is 1. The fourth-order valence-electron chi connectivity index (χ4n) is 3.47. The van der Waals surface area contributed by atoms with Gasteiger partial charge in [-0.2, -0.15) is 0 Å². The molecule has 0 aromatic heterocycles. The molecule has 3 atom stereocenters. The quantitative estimate of drug-likeness (QED) is 0.756. The van der Waals surface area contributed by atoms with Gasteiger partial charge in [-0.15, -0.1) is 0 Å². The summed E-state index contributed by atoms with van der Waals surface area (Å²) < 4.78 is 0. The number of carboxylic acid groups (broad SMARTS) is 1. The van der Waals surface area contributed by atoms with E-state index >= 15 is 0 Å². The lowest BCUT2D eigenvalue weighted by atomic mass is 9.85. The second-order valence-electron chi connectivity index (χ2n) is 4.80. The Kier molecular flexibility index (Phi) is 1.89. The van der Waals surface area contributed by atoms with E-state index in [1.165, 1.54) is 0 Å². The number of aliphatic carboxylic acids is 1. The van der Waals surface area contributed by atoms with E-state index in [4.69, 9.17) is 0 Å². The summed E-state index contributed by atoms with van der Waals surface area (Å²) in [6.45, 7) is 0. The van der Waals surface area contributed by atoms with E-state index < -0.39 is 11.6 Å². The standard InChI is InChI=1S/C13H14O3/c14-12(15)13(16)10-6-2-1-4-8(10)9-5-3-7-11(9)13/h1-2,4,6,9,11,16H,3,5,7H2,(H,14,15)/t9-,11+,13+/m1/s1. The van der Waals surface area contributed by atoms with Crippen LogP contribution in [0.3, 0.4) is 0 Å². The van der Waals surface area contributed by atoms with Gasteiger partial charge in [-0.3, -0.25) is 0 Å². The summed E-state index contributed by atoms with van der Waals surface area (Å²) in [6.07, 6.45) is 2.82. The average molecular weight is 218 g/mol. The third kappa shape index (κ3) is 0.990. The zero-order valence-corrected chi connectivity index (χ0v) is 8.89. The van der Waals surface area contributed by atoms with Crippen LogP contribution in [0.4, 0.5) is 0 Å². The van der Waals surface area contributed by atoms with Gasteiger partial charge in [-0.05, 0) is 29.9 Å². The Morgan fingerprint density at radius 2 is 2.06 bits per heavy atom. The summed E-state index contributed by atoms with van der Waals surface area (Å²) in [7, 11) is 0. The smallest absolute Gasteiger partial charge is 0.340 e. The zero-order valence-electron chi connectivity index (χ0n) is 8.89. The number of fused-ring (bicyclic) bond motifs is 3. The topological polar surface area (TPSA) is 57.5 Å². The normalized spacial score (nSPS) is 35.8. The van der Waals surface area contributed by atoms with Gasteiger partial charge in [0.05, 0.1) is 0 Å². The third-order valence-corrected chi connectivity index (χ3v) is 4.15.